The van der Waals surface area contributed by atoms with Crippen molar-refractivity contribution in [1.82, 2.24) is 10.2 Å². The molecule has 4 rings (SSSR count). The van der Waals surface area contributed by atoms with Crippen molar-refractivity contribution in [3.8, 4) is 17.2 Å². The molecule has 1 aliphatic rings. The number of nitrogens with zero attached hydrogens (tertiary/aromatic N) is 1. The van der Waals surface area contributed by atoms with Crippen LogP contribution in [-0.2, 0) is 11.2 Å². The van der Waals surface area contributed by atoms with Crippen LogP contribution < -0.4 is 25.2 Å². The molecular formula is C26H30N2O6S. The van der Waals surface area contributed by atoms with E-state index in [1.807, 2.05) is 31.2 Å². The normalized spacial score (nSPS) is 15.0. The lowest BCUT2D eigenvalue weighted by atomic mass is 9.92. The zero-order chi connectivity index (χ0) is 24.9. The predicted octanol–water partition coefficient (Wildman–Crippen LogP) is 3.62. The Morgan fingerprint density at radius 1 is 1.14 bits per heavy atom. The molecule has 186 valence electrons. The first-order chi connectivity index (χ1) is 16.9. The highest BCUT2D eigenvalue weighted by molar-refractivity contribution is 7.80. The van der Waals surface area contributed by atoms with Gasteiger partial charge in [-0.2, -0.15) is 0 Å². The summed E-state index contributed by atoms with van der Waals surface area (Å²) >= 11 is 5.72. The minimum absolute atomic E-state index is 0.165. The van der Waals surface area contributed by atoms with E-state index in [-0.39, 0.29) is 11.7 Å². The quantitative estimate of drug-likeness (QED) is 0.284. The fraction of sp³-hybridized carbons (Fsp3) is 0.385. The van der Waals surface area contributed by atoms with Crippen molar-refractivity contribution in [2.75, 3.05) is 47.6 Å². The van der Waals surface area contributed by atoms with Crippen LogP contribution in [0.3, 0.4) is 0 Å². The summed E-state index contributed by atoms with van der Waals surface area (Å²) in [6, 6.07) is 10.9. The number of ether oxygens (including phenoxy) is 4. The smallest absolute Gasteiger partial charge is 0.336 e. The second kappa shape index (κ2) is 11.0. The second-order valence-electron chi connectivity index (χ2n) is 8.31. The van der Waals surface area contributed by atoms with Gasteiger partial charge in [0.1, 0.15) is 17.9 Å². The molecule has 0 amide bonds. The second-order valence-corrected chi connectivity index (χ2v) is 8.69. The minimum atomic E-state index is -0.381. The highest BCUT2D eigenvalue weighted by atomic mass is 32.1. The monoisotopic (exact) mass is 498 g/mol. The van der Waals surface area contributed by atoms with E-state index >= 15 is 0 Å². The third-order valence-electron chi connectivity index (χ3n) is 6.18. The van der Waals surface area contributed by atoms with E-state index in [4.69, 9.17) is 35.6 Å². The Morgan fingerprint density at radius 2 is 1.91 bits per heavy atom. The predicted molar refractivity (Wildman–Crippen MR) is 138 cm³/mol. The average Bonchev–Trinajstić information content (AvgIpc) is 2.85. The molecule has 0 saturated carbocycles. The van der Waals surface area contributed by atoms with Crippen LogP contribution >= 0.6 is 12.2 Å². The summed E-state index contributed by atoms with van der Waals surface area (Å²) in [4.78, 5) is 14.0. The van der Waals surface area contributed by atoms with Crippen LogP contribution in [0.25, 0.3) is 11.0 Å². The van der Waals surface area contributed by atoms with Gasteiger partial charge in [-0.1, -0.05) is 0 Å². The Labute approximate surface area is 209 Å². The molecule has 1 unspecified atom stereocenters. The number of hydrogen-bond donors (Lipinski definition) is 1. The van der Waals surface area contributed by atoms with Crippen LogP contribution in [0.15, 0.2) is 45.6 Å². The molecule has 1 aliphatic heterocycles. The molecule has 0 fully saturated rings. The van der Waals surface area contributed by atoms with Gasteiger partial charge in [-0.25, -0.2) is 4.79 Å². The fourth-order valence-electron chi connectivity index (χ4n) is 4.38. The van der Waals surface area contributed by atoms with Crippen LogP contribution in [0.4, 0.5) is 0 Å². The first-order valence-electron chi connectivity index (χ1n) is 11.4. The zero-order valence-electron chi connectivity index (χ0n) is 20.4. The van der Waals surface area contributed by atoms with E-state index in [0.29, 0.717) is 47.7 Å². The van der Waals surface area contributed by atoms with E-state index < -0.39 is 0 Å². The van der Waals surface area contributed by atoms with Crippen molar-refractivity contribution >= 4 is 28.3 Å². The molecule has 8 nitrogen and oxygen atoms in total. The molecule has 0 aliphatic carbocycles. The van der Waals surface area contributed by atoms with E-state index in [0.717, 1.165) is 35.0 Å². The van der Waals surface area contributed by atoms with Crippen molar-refractivity contribution in [3.63, 3.8) is 0 Å². The summed E-state index contributed by atoms with van der Waals surface area (Å²) in [5.41, 5.74) is 3.20. The van der Waals surface area contributed by atoms with Crippen LogP contribution in [0.5, 0.6) is 17.2 Å². The minimum Gasteiger partial charge on any atom is -0.493 e. The molecule has 2 aromatic carbocycles. The molecular weight excluding hydrogens is 468 g/mol. The molecule has 0 radical (unpaired) electrons. The lowest BCUT2D eigenvalue weighted by Crippen LogP contribution is -2.47. The number of aryl methyl sites for hydroxylation is 1. The Hall–Kier alpha value is -3.30. The Balaban J connectivity index is 1.64. The maximum atomic E-state index is 11.8. The zero-order valence-corrected chi connectivity index (χ0v) is 21.2. The lowest BCUT2D eigenvalue weighted by Gasteiger charge is -2.39. The van der Waals surface area contributed by atoms with Gasteiger partial charge in [0.15, 0.2) is 16.6 Å². The van der Waals surface area contributed by atoms with Crippen molar-refractivity contribution in [2.24, 2.45) is 0 Å². The Kier molecular flexibility index (Phi) is 7.77. The third-order valence-corrected chi connectivity index (χ3v) is 6.56. The van der Waals surface area contributed by atoms with Gasteiger partial charge in [-0.15, -0.1) is 0 Å². The molecule has 0 saturated heterocycles. The Morgan fingerprint density at radius 3 is 2.66 bits per heavy atom. The van der Waals surface area contributed by atoms with E-state index in [9.17, 15) is 4.79 Å². The maximum absolute atomic E-state index is 11.8. The van der Waals surface area contributed by atoms with Crippen molar-refractivity contribution in [2.45, 2.75) is 19.4 Å². The third kappa shape index (κ3) is 5.36. The maximum Gasteiger partial charge on any atom is 0.336 e. The van der Waals surface area contributed by atoms with Crippen molar-refractivity contribution < 1.29 is 23.4 Å². The number of benzene rings is 2. The number of hydrogen-bond acceptors (Lipinski definition) is 7. The highest BCUT2D eigenvalue weighted by Gasteiger charge is 2.31. The largest absolute Gasteiger partial charge is 0.493 e. The van der Waals surface area contributed by atoms with Gasteiger partial charge in [0.25, 0.3) is 0 Å². The van der Waals surface area contributed by atoms with Crippen LogP contribution in [-0.4, -0.2) is 57.6 Å². The Bertz CT molecular complexity index is 1270. The first kappa shape index (κ1) is 24.8. The summed E-state index contributed by atoms with van der Waals surface area (Å²) in [6.07, 6.45) is 0.804. The number of thiocarbonyl (C=S) groups is 1. The fourth-order valence-corrected chi connectivity index (χ4v) is 4.70. The summed E-state index contributed by atoms with van der Waals surface area (Å²) in [5, 5.41) is 4.78. The molecule has 1 atom stereocenters. The first-order valence-corrected chi connectivity index (χ1v) is 11.8. The molecule has 3 aromatic rings. The number of rotatable bonds is 8. The number of nitrogens with one attached hydrogen (secondary N) is 1. The van der Waals surface area contributed by atoms with E-state index in [2.05, 4.69) is 10.2 Å². The number of methoxy groups -OCH3 is 3. The molecule has 2 heterocycles. The van der Waals surface area contributed by atoms with E-state index in [1.54, 1.807) is 27.4 Å². The van der Waals surface area contributed by atoms with Gasteiger partial charge >= 0.3 is 5.63 Å². The van der Waals surface area contributed by atoms with Gasteiger partial charge in [0.05, 0.1) is 26.9 Å². The summed E-state index contributed by atoms with van der Waals surface area (Å²) < 4.78 is 27.8. The highest BCUT2D eigenvalue weighted by Crippen LogP contribution is 2.38. The molecule has 0 bridgehead atoms. The van der Waals surface area contributed by atoms with Gasteiger partial charge in [0, 0.05) is 37.7 Å². The SMILES string of the molecule is COCCNC(=S)N1CCc2cc(OC)c(OC)cc2C1COc1ccc2c(C)cc(=O)oc2c1. The van der Waals surface area contributed by atoms with Crippen molar-refractivity contribution in [1.29, 1.82) is 0 Å². The van der Waals surface area contributed by atoms with Crippen LogP contribution in [0.1, 0.15) is 22.7 Å². The molecule has 35 heavy (non-hydrogen) atoms. The lowest BCUT2D eigenvalue weighted by molar-refractivity contribution is 0.182. The molecule has 1 aromatic heterocycles. The molecule has 1 N–H and O–H groups in total. The molecule has 9 heteroatoms. The summed E-state index contributed by atoms with van der Waals surface area (Å²) in [5.74, 6) is 1.96. The van der Waals surface area contributed by atoms with Crippen LogP contribution in [0.2, 0.25) is 0 Å². The topological polar surface area (TPSA) is 82.4 Å². The summed E-state index contributed by atoms with van der Waals surface area (Å²) in [7, 11) is 4.91. The standard InChI is InChI=1S/C26H30N2O6S/c1-16-11-25(29)34-22-13-18(5-6-19(16)22)33-15-21-20-14-24(32-4)23(31-3)12-17(20)7-9-28(21)26(35)27-8-10-30-2/h5-6,11-14,21H,7-10,15H2,1-4H3,(H,27,35). The number of fused-ring (bicyclic) bond motifs is 2. The van der Waals surface area contributed by atoms with Crippen LogP contribution in [0, 0.1) is 6.92 Å². The van der Waals surface area contributed by atoms with Crippen molar-refractivity contribution in [3.05, 3.63) is 63.5 Å². The van der Waals surface area contributed by atoms with E-state index in [1.165, 1.54) is 6.07 Å². The van der Waals surface area contributed by atoms with Gasteiger partial charge in [-0.05, 0) is 66.5 Å². The summed E-state index contributed by atoms with van der Waals surface area (Å²) in [6.45, 7) is 4.10. The average molecular weight is 499 g/mol. The van der Waals surface area contributed by atoms with Gasteiger partial charge in [0.2, 0.25) is 0 Å². The van der Waals surface area contributed by atoms with Gasteiger partial charge < -0.3 is 33.6 Å². The molecule has 0 spiro atoms. The van der Waals surface area contributed by atoms with Gasteiger partial charge in [-0.3, -0.25) is 0 Å².